The lowest BCUT2D eigenvalue weighted by Gasteiger charge is -2.10. The minimum Gasteiger partial charge on any atom is -0.321 e. The summed E-state index contributed by atoms with van der Waals surface area (Å²) in [7, 11) is 0. The number of pyridine rings is 1. The number of aryl methyl sites for hydroxylation is 1. The third-order valence-electron chi connectivity index (χ3n) is 4.16. The lowest BCUT2D eigenvalue weighted by molar-refractivity contribution is 0.102. The van der Waals surface area contributed by atoms with Gasteiger partial charge in [-0.05, 0) is 54.6 Å². The van der Waals surface area contributed by atoms with Crippen molar-refractivity contribution in [3.63, 3.8) is 0 Å². The topological polar surface area (TPSA) is 67.8 Å². The molecule has 0 radical (unpaired) electrons. The molecular formula is C18H16N4OS. The van der Waals surface area contributed by atoms with Gasteiger partial charge in [0.1, 0.15) is 4.88 Å². The van der Waals surface area contributed by atoms with Crippen LogP contribution >= 0.6 is 11.5 Å². The first-order valence-corrected chi connectivity index (χ1v) is 8.64. The standard InChI is InChI=1S/C18H16N4OS/c1-11-4-5-13(14-3-2-8-19-10-14)9-15(11)20-18(23)17-16(12-6-7-12)21-22-24-17/h2-5,8-10,12H,6-7H2,1H3,(H,20,23). The van der Waals surface area contributed by atoms with Crippen LogP contribution in [-0.4, -0.2) is 20.5 Å². The van der Waals surface area contributed by atoms with Gasteiger partial charge in [0.2, 0.25) is 0 Å². The first-order chi connectivity index (χ1) is 11.7. The molecule has 1 fully saturated rings. The Morgan fingerprint density at radius 1 is 1.25 bits per heavy atom. The summed E-state index contributed by atoms with van der Waals surface area (Å²) in [5.74, 6) is 0.283. The summed E-state index contributed by atoms with van der Waals surface area (Å²) in [4.78, 5) is 17.4. The summed E-state index contributed by atoms with van der Waals surface area (Å²) in [5, 5.41) is 7.14. The van der Waals surface area contributed by atoms with E-state index in [2.05, 4.69) is 19.9 Å². The number of benzene rings is 1. The van der Waals surface area contributed by atoms with Crippen LogP contribution in [0.2, 0.25) is 0 Å². The van der Waals surface area contributed by atoms with E-state index in [0.29, 0.717) is 10.8 Å². The van der Waals surface area contributed by atoms with Crippen molar-refractivity contribution in [2.24, 2.45) is 0 Å². The lowest BCUT2D eigenvalue weighted by Crippen LogP contribution is -2.13. The lowest BCUT2D eigenvalue weighted by atomic mass is 10.0. The van der Waals surface area contributed by atoms with E-state index in [-0.39, 0.29) is 5.91 Å². The quantitative estimate of drug-likeness (QED) is 0.781. The predicted molar refractivity (Wildman–Crippen MR) is 94.2 cm³/mol. The third-order valence-corrected chi connectivity index (χ3v) is 4.90. The van der Waals surface area contributed by atoms with E-state index >= 15 is 0 Å². The van der Waals surface area contributed by atoms with Gasteiger partial charge in [-0.15, -0.1) is 5.10 Å². The second kappa shape index (κ2) is 6.13. The third kappa shape index (κ3) is 2.92. The van der Waals surface area contributed by atoms with Gasteiger partial charge in [-0.25, -0.2) is 0 Å². The van der Waals surface area contributed by atoms with Crippen LogP contribution in [0.3, 0.4) is 0 Å². The SMILES string of the molecule is Cc1ccc(-c2cccnc2)cc1NC(=O)c1snnc1C1CC1. The van der Waals surface area contributed by atoms with Crippen LogP contribution in [0.15, 0.2) is 42.7 Å². The molecule has 1 aromatic carbocycles. The molecule has 0 atom stereocenters. The van der Waals surface area contributed by atoms with E-state index in [1.807, 2.05) is 43.5 Å². The summed E-state index contributed by atoms with van der Waals surface area (Å²) in [6.07, 6.45) is 5.76. The van der Waals surface area contributed by atoms with Gasteiger partial charge in [-0.1, -0.05) is 22.7 Å². The molecule has 6 heteroatoms. The molecule has 4 rings (SSSR count). The number of nitrogens with one attached hydrogen (secondary N) is 1. The van der Waals surface area contributed by atoms with Crippen LogP contribution in [0.4, 0.5) is 5.69 Å². The molecule has 2 heterocycles. The fourth-order valence-corrected chi connectivity index (χ4v) is 3.27. The zero-order valence-electron chi connectivity index (χ0n) is 13.2. The van der Waals surface area contributed by atoms with E-state index in [9.17, 15) is 4.79 Å². The minimum atomic E-state index is -0.127. The van der Waals surface area contributed by atoms with Gasteiger partial charge in [-0.3, -0.25) is 9.78 Å². The Morgan fingerprint density at radius 3 is 2.88 bits per heavy atom. The first kappa shape index (κ1) is 15.0. The number of rotatable bonds is 4. The molecule has 1 aliphatic carbocycles. The molecule has 3 aromatic rings. The van der Waals surface area contributed by atoms with Crippen molar-refractivity contribution in [3.05, 3.63) is 58.9 Å². The fraction of sp³-hybridized carbons (Fsp3) is 0.222. The van der Waals surface area contributed by atoms with Gasteiger partial charge >= 0.3 is 0 Å². The average Bonchev–Trinajstić information content (AvgIpc) is 3.34. The van der Waals surface area contributed by atoms with Crippen LogP contribution < -0.4 is 5.32 Å². The van der Waals surface area contributed by atoms with Crippen LogP contribution in [0.25, 0.3) is 11.1 Å². The molecule has 0 bridgehead atoms. The van der Waals surface area contributed by atoms with Gasteiger partial charge in [0.05, 0.1) is 5.69 Å². The van der Waals surface area contributed by atoms with Gasteiger partial charge in [0.15, 0.2) is 0 Å². The van der Waals surface area contributed by atoms with Crippen molar-refractivity contribution in [2.45, 2.75) is 25.7 Å². The van der Waals surface area contributed by atoms with Crippen LogP contribution in [0.5, 0.6) is 0 Å². The Morgan fingerprint density at radius 2 is 2.12 bits per heavy atom. The molecule has 1 saturated carbocycles. The fourth-order valence-electron chi connectivity index (χ4n) is 2.63. The van der Waals surface area contributed by atoms with Gasteiger partial charge < -0.3 is 5.32 Å². The smallest absolute Gasteiger partial charge is 0.269 e. The number of amides is 1. The summed E-state index contributed by atoms with van der Waals surface area (Å²) >= 11 is 1.17. The second-order valence-electron chi connectivity index (χ2n) is 5.99. The van der Waals surface area contributed by atoms with Crippen LogP contribution in [-0.2, 0) is 0 Å². The van der Waals surface area contributed by atoms with Crippen molar-refractivity contribution in [1.82, 2.24) is 14.6 Å². The number of carbonyl (C=O) groups excluding carboxylic acids is 1. The largest absolute Gasteiger partial charge is 0.321 e. The number of nitrogens with zero attached hydrogens (tertiary/aromatic N) is 3. The number of hydrogen-bond donors (Lipinski definition) is 1. The number of carbonyl (C=O) groups is 1. The number of anilines is 1. The molecule has 5 nitrogen and oxygen atoms in total. The maximum Gasteiger partial charge on any atom is 0.269 e. The highest BCUT2D eigenvalue weighted by atomic mass is 32.1. The summed E-state index contributed by atoms with van der Waals surface area (Å²) in [6.45, 7) is 1.98. The first-order valence-electron chi connectivity index (χ1n) is 7.87. The van der Waals surface area contributed by atoms with Crippen LogP contribution in [0.1, 0.15) is 39.7 Å². The molecule has 1 amide bonds. The highest BCUT2D eigenvalue weighted by Crippen LogP contribution is 2.41. The molecule has 1 aliphatic rings. The van der Waals surface area contributed by atoms with E-state index in [1.54, 1.807) is 6.20 Å². The molecule has 0 unspecified atom stereocenters. The van der Waals surface area contributed by atoms with Crippen molar-refractivity contribution in [3.8, 4) is 11.1 Å². The van der Waals surface area contributed by atoms with Crippen molar-refractivity contribution >= 4 is 23.1 Å². The summed E-state index contributed by atoms with van der Waals surface area (Å²) in [6, 6.07) is 9.92. The maximum absolute atomic E-state index is 12.6. The normalized spacial score (nSPS) is 13.7. The minimum absolute atomic E-state index is 0.127. The van der Waals surface area contributed by atoms with E-state index in [4.69, 9.17) is 0 Å². The van der Waals surface area contributed by atoms with Crippen LogP contribution in [0, 0.1) is 6.92 Å². The Balaban J connectivity index is 1.62. The maximum atomic E-state index is 12.6. The monoisotopic (exact) mass is 336 g/mol. The molecule has 1 N–H and O–H groups in total. The number of hydrogen-bond acceptors (Lipinski definition) is 5. The summed E-state index contributed by atoms with van der Waals surface area (Å²) in [5.41, 5.74) is 4.71. The average molecular weight is 336 g/mol. The van der Waals surface area contributed by atoms with Gasteiger partial charge in [0.25, 0.3) is 5.91 Å². The molecule has 2 aromatic heterocycles. The van der Waals surface area contributed by atoms with Crippen molar-refractivity contribution in [2.75, 3.05) is 5.32 Å². The van der Waals surface area contributed by atoms with E-state index in [0.717, 1.165) is 40.9 Å². The van der Waals surface area contributed by atoms with E-state index in [1.165, 1.54) is 11.5 Å². The predicted octanol–water partition coefficient (Wildman–Crippen LogP) is 4.04. The Bertz CT molecular complexity index is 887. The Labute approximate surface area is 143 Å². The van der Waals surface area contributed by atoms with Crippen molar-refractivity contribution in [1.29, 1.82) is 0 Å². The summed E-state index contributed by atoms with van der Waals surface area (Å²) < 4.78 is 3.96. The zero-order chi connectivity index (χ0) is 16.5. The highest BCUT2D eigenvalue weighted by molar-refractivity contribution is 7.08. The zero-order valence-corrected chi connectivity index (χ0v) is 14.0. The molecular weight excluding hydrogens is 320 g/mol. The van der Waals surface area contributed by atoms with Crippen molar-refractivity contribution < 1.29 is 4.79 Å². The molecule has 0 saturated heterocycles. The second-order valence-corrected chi connectivity index (χ2v) is 6.74. The number of aromatic nitrogens is 3. The molecule has 0 aliphatic heterocycles. The highest BCUT2D eigenvalue weighted by Gasteiger charge is 2.31. The molecule has 24 heavy (non-hydrogen) atoms. The molecule has 0 spiro atoms. The van der Waals surface area contributed by atoms with Gasteiger partial charge in [0, 0.05) is 29.6 Å². The Kier molecular flexibility index (Phi) is 3.82. The van der Waals surface area contributed by atoms with E-state index < -0.39 is 0 Å². The Hall–Kier alpha value is -2.60. The van der Waals surface area contributed by atoms with Gasteiger partial charge in [-0.2, -0.15) is 0 Å². The molecule has 120 valence electrons.